The maximum atomic E-state index is 15.8. The van der Waals surface area contributed by atoms with Crippen molar-refractivity contribution in [2.45, 2.75) is 105 Å². The van der Waals surface area contributed by atoms with Crippen molar-refractivity contribution in [3.63, 3.8) is 0 Å². The molecule has 1 amide bonds. The summed E-state index contributed by atoms with van der Waals surface area (Å²) in [5.41, 5.74) is -2.75. The highest BCUT2D eigenvalue weighted by Gasteiger charge is 2.57. The first kappa shape index (κ1) is 39.1. The predicted octanol–water partition coefficient (Wildman–Crippen LogP) is 4.70. The van der Waals surface area contributed by atoms with Crippen molar-refractivity contribution in [1.29, 1.82) is 0 Å². The molecule has 12 nitrogen and oxygen atoms in total. The lowest BCUT2D eigenvalue weighted by molar-refractivity contribution is -0.219. The van der Waals surface area contributed by atoms with Crippen LogP contribution in [0.5, 0.6) is 0 Å². The van der Waals surface area contributed by atoms with Crippen LogP contribution >= 0.6 is 31.3 Å². The summed E-state index contributed by atoms with van der Waals surface area (Å²) in [6.45, 7) is 11.4. The third-order valence-electron chi connectivity index (χ3n) is 6.40. The number of hydrogen-bond acceptors (Lipinski definition) is 13. The third-order valence-corrected chi connectivity index (χ3v) is 10.6. The Kier molecular flexibility index (Phi) is 14.4. The van der Waals surface area contributed by atoms with Crippen molar-refractivity contribution in [1.82, 2.24) is 10.2 Å². The second-order valence-electron chi connectivity index (χ2n) is 13.1. The number of nitrogens with zero attached hydrogens (tertiary/aromatic N) is 1. The van der Waals surface area contributed by atoms with Gasteiger partial charge in [-0.3, -0.25) is 28.0 Å². The normalized spacial score (nSPS) is 26.2. The zero-order valence-electron chi connectivity index (χ0n) is 26.6. The number of ether oxygens (including phenoxy) is 1. The molecule has 2 aliphatic rings. The van der Waals surface area contributed by atoms with Crippen molar-refractivity contribution in [2.75, 3.05) is 31.3 Å². The van der Waals surface area contributed by atoms with Crippen molar-refractivity contribution < 1.29 is 51.9 Å². The number of hydrogen-bond donors (Lipinski definition) is 3. The molecule has 0 aromatic carbocycles. The van der Waals surface area contributed by atoms with Crippen LogP contribution in [0.2, 0.25) is 0 Å². The molecule has 2 aliphatic heterocycles. The second-order valence-corrected chi connectivity index (χ2v) is 16.9. The topological polar surface area (TPSA) is 161 Å². The number of phosphoric acid groups is 1. The van der Waals surface area contributed by atoms with Gasteiger partial charge in [0, 0.05) is 41.0 Å². The van der Waals surface area contributed by atoms with Crippen LogP contribution in [0, 0.1) is 10.8 Å². The minimum Gasteiger partial charge on any atom is -0.385 e. The molecule has 1 unspecified atom stereocenters. The number of carbonyl (C=O) groups is 3. The predicted molar refractivity (Wildman–Crippen MR) is 167 cm³/mol. The molecule has 4 atom stereocenters. The molecular weight excluding hydrogens is 638 g/mol. The smallest absolute Gasteiger partial charge is 0.385 e. The number of aliphatic hydroxyl groups excluding tert-OH is 1. The van der Waals surface area contributed by atoms with Crippen LogP contribution in [0.4, 0.5) is 4.39 Å². The number of halogens is 1. The molecule has 2 heterocycles. The Morgan fingerprint density at radius 2 is 1.55 bits per heavy atom. The molecule has 44 heavy (non-hydrogen) atoms. The van der Waals surface area contributed by atoms with Crippen LogP contribution in [0.3, 0.4) is 0 Å². The molecule has 0 spiro atoms. The van der Waals surface area contributed by atoms with E-state index in [4.69, 9.17) is 18.3 Å². The van der Waals surface area contributed by atoms with E-state index in [2.05, 4.69) is 5.32 Å². The van der Waals surface area contributed by atoms with Crippen molar-refractivity contribution >= 4 is 47.5 Å². The number of rotatable bonds is 16. The van der Waals surface area contributed by atoms with Gasteiger partial charge in [0.15, 0.2) is 16.5 Å². The lowest BCUT2D eigenvalue weighted by atomic mass is 9.98. The first-order chi connectivity index (χ1) is 20.2. The Labute approximate surface area is 268 Å². The Morgan fingerprint density at radius 3 is 2.00 bits per heavy atom. The molecule has 0 aliphatic carbocycles. The molecule has 0 aromatic rings. The average molecular weight is 687 g/mol. The van der Waals surface area contributed by atoms with Crippen molar-refractivity contribution in [3.05, 3.63) is 12.3 Å². The van der Waals surface area contributed by atoms with Crippen LogP contribution < -0.4 is 5.32 Å². The molecule has 16 heteroatoms. The zero-order valence-corrected chi connectivity index (χ0v) is 29.2. The van der Waals surface area contributed by atoms with E-state index < -0.39 is 61.6 Å². The summed E-state index contributed by atoms with van der Waals surface area (Å²) >= 11 is 2.43. The minimum absolute atomic E-state index is 0.0393. The molecule has 0 aromatic heterocycles. The average Bonchev–Trinajstić information content (AvgIpc) is 3.14. The number of aliphatic hydroxyl groups is 2. The van der Waals surface area contributed by atoms with Gasteiger partial charge in [-0.05, 0) is 32.6 Å². The first-order valence-electron chi connectivity index (χ1n) is 14.6. The van der Waals surface area contributed by atoms with Crippen molar-refractivity contribution in [3.8, 4) is 0 Å². The van der Waals surface area contributed by atoms with Crippen LogP contribution in [0.15, 0.2) is 12.3 Å². The number of unbranched alkanes of at least 4 members (excludes halogenated alkanes) is 2. The van der Waals surface area contributed by atoms with Gasteiger partial charge in [-0.15, -0.1) is 0 Å². The van der Waals surface area contributed by atoms with E-state index in [1.807, 2.05) is 41.5 Å². The summed E-state index contributed by atoms with van der Waals surface area (Å²) in [4.78, 5) is 36.7. The number of carbonyl (C=O) groups excluding carboxylic acids is 3. The highest BCUT2D eigenvalue weighted by Crippen LogP contribution is 2.52. The fourth-order valence-electron chi connectivity index (χ4n) is 3.96. The lowest BCUT2D eigenvalue weighted by Crippen LogP contribution is -2.57. The summed E-state index contributed by atoms with van der Waals surface area (Å²) in [6.07, 6.45) is 0.733. The molecule has 0 saturated carbocycles. The van der Waals surface area contributed by atoms with Gasteiger partial charge in [0.1, 0.15) is 12.2 Å². The third kappa shape index (κ3) is 12.6. The summed E-state index contributed by atoms with van der Waals surface area (Å²) in [5.74, 6) is -2.12. The highest BCUT2D eigenvalue weighted by atomic mass is 32.2. The Hall–Kier alpha value is -1.03. The van der Waals surface area contributed by atoms with Gasteiger partial charge in [-0.25, -0.2) is 8.96 Å². The molecular formula is C28H48FN2O10PS2. The standard InChI is InChI=1S/C28H48FN2O10PS2/c1-25(2,3)22(33)43-16-10-8-14-38-42(37,39-15-9-11-17-44-23(34)26(4,5)6)40-19-28(29)18-27(7,36)21(41-28)31-13-12-20(32)30-24(31)35/h12-13,21,24,35-36H,8-11,14-19H2,1-7H3,(H,30,32)/t21-,24?,27-,28+/m1/s1. The molecule has 0 bridgehead atoms. The number of amides is 1. The van der Waals surface area contributed by atoms with Gasteiger partial charge in [-0.1, -0.05) is 65.1 Å². The van der Waals surface area contributed by atoms with Gasteiger partial charge in [0.2, 0.25) is 18.1 Å². The van der Waals surface area contributed by atoms with Gasteiger partial charge in [0.25, 0.3) is 0 Å². The fraction of sp³-hybridized carbons (Fsp3) is 0.821. The van der Waals surface area contributed by atoms with Crippen LogP contribution in [0.25, 0.3) is 0 Å². The largest absolute Gasteiger partial charge is 0.474 e. The van der Waals surface area contributed by atoms with Gasteiger partial charge in [0.05, 0.1) is 13.2 Å². The number of nitrogens with one attached hydrogen (secondary N) is 1. The minimum atomic E-state index is -4.30. The second kappa shape index (κ2) is 16.2. The maximum Gasteiger partial charge on any atom is 0.474 e. The van der Waals surface area contributed by atoms with E-state index in [9.17, 15) is 29.2 Å². The summed E-state index contributed by atoms with van der Waals surface area (Å²) < 4.78 is 51.1. The van der Waals surface area contributed by atoms with E-state index in [0.29, 0.717) is 37.2 Å². The summed E-state index contributed by atoms with van der Waals surface area (Å²) in [5, 5.41) is 23.4. The van der Waals surface area contributed by atoms with Gasteiger partial charge in [-0.2, -0.15) is 0 Å². The molecule has 1 saturated heterocycles. The first-order valence-corrected chi connectivity index (χ1v) is 18.0. The van der Waals surface area contributed by atoms with E-state index in [0.717, 1.165) is 11.0 Å². The Morgan fingerprint density at radius 1 is 1.05 bits per heavy atom. The SMILES string of the molecule is CC(C)(C)C(=O)SCCCCOP(=O)(OCCCCSC(=O)C(C)(C)C)OC[C@]1(F)C[C@@](C)(O)[C@H](N2C=CC(=O)NC2O)O1. The number of phosphoric ester groups is 1. The monoisotopic (exact) mass is 686 g/mol. The van der Waals surface area contributed by atoms with Crippen LogP contribution in [-0.2, 0) is 37.3 Å². The van der Waals surface area contributed by atoms with E-state index in [-0.39, 0.29) is 23.4 Å². The zero-order chi connectivity index (χ0) is 33.4. The van der Waals surface area contributed by atoms with E-state index >= 15 is 4.39 Å². The Balaban J connectivity index is 1.96. The van der Waals surface area contributed by atoms with Crippen molar-refractivity contribution in [2.24, 2.45) is 10.8 Å². The summed E-state index contributed by atoms with van der Waals surface area (Å²) in [6, 6.07) is 0. The molecule has 254 valence electrons. The van der Waals surface area contributed by atoms with Gasteiger partial charge < -0.3 is 25.2 Å². The molecule has 0 radical (unpaired) electrons. The fourth-order valence-corrected chi connectivity index (χ4v) is 7.17. The number of alkyl halides is 1. The molecule has 1 fully saturated rings. The van der Waals surface area contributed by atoms with Crippen LogP contribution in [-0.4, -0.2) is 86.6 Å². The number of thioether (sulfide) groups is 2. The highest BCUT2D eigenvalue weighted by molar-refractivity contribution is 8.14. The Bertz CT molecular complexity index is 1040. The quantitative estimate of drug-likeness (QED) is 0.152. The van der Waals surface area contributed by atoms with E-state index in [1.165, 1.54) is 36.6 Å². The van der Waals surface area contributed by atoms with Crippen LogP contribution in [0.1, 0.15) is 80.6 Å². The van der Waals surface area contributed by atoms with Gasteiger partial charge >= 0.3 is 7.82 Å². The molecule has 3 N–H and O–H groups in total. The molecule has 2 rings (SSSR count). The maximum absolute atomic E-state index is 15.8. The lowest BCUT2D eigenvalue weighted by Gasteiger charge is -2.38. The van der Waals surface area contributed by atoms with E-state index in [1.54, 1.807) is 0 Å². The summed E-state index contributed by atoms with van der Waals surface area (Å²) in [7, 11) is -4.30.